The molecule has 2 aromatic carbocycles. The van der Waals surface area contributed by atoms with E-state index in [1.807, 2.05) is 74.1 Å². The molecule has 2 aliphatic rings. The minimum absolute atomic E-state index is 0.176. The molecule has 7 heteroatoms. The van der Waals surface area contributed by atoms with E-state index in [1.165, 1.54) is 7.11 Å². The highest BCUT2D eigenvalue weighted by molar-refractivity contribution is 6.09. The van der Waals surface area contributed by atoms with E-state index < -0.39 is 5.97 Å². The fourth-order valence-corrected chi connectivity index (χ4v) is 4.38. The van der Waals surface area contributed by atoms with E-state index in [-0.39, 0.29) is 5.91 Å². The van der Waals surface area contributed by atoms with Crippen LogP contribution in [0, 0.1) is 0 Å². The summed E-state index contributed by atoms with van der Waals surface area (Å²) in [5.41, 5.74) is 4.81. The molecule has 0 spiro atoms. The van der Waals surface area contributed by atoms with Crippen LogP contribution in [0.1, 0.15) is 40.5 Å². The number of benzene rings is 3. The Kier molecular flexibility index (Phi) is 7.62. The molecule has 1 aliphatic heterocycles. The molecule has 1 N–H and O–H groups in total. The quantitative estimate of drug-likeness (QED) is 0.174. The number of carbonyl (C=O) groups excluding carboxylic acids is 2. The molecular weight excluding hydrogens is 466 g/mol. The molecule has 1 amide bonds. The van der Waals surface area contributed by atoms with Crippen LogP contribution >= 0.6 is 0 Å². The molecular formula is C30H34N3O4+. The van der Waals surface area contributed by atoms with Gasteiger partial charge in [0.05, 0.1) is 18.7 Å². The highest BCUT2D eigenvalue weighted by Crippen LogP contribution is 2.42. The SMILES string of the molecule is CCCCNC(=O)c1ccc(C(=O)OC)c(-c2c3ccc(=[N+](C)C)cc-3oc3cc(N(C)C)ccc23)c1. The van der Waals surface area contributed by atoms with Crippen LogP contribution < -0.4 is 20.1 Å². The Morgan fingerprint density at radius 1 is 1.00 bits per heavy atom. The minimum Gasteiger partial charge on any atom is -0.465 e. The van der Waals surface area contributed by atoms with Gasteiger partial charge >= 0.3 is 5.97 Å². The number of anilines is 1. The highest BCUT2D eigenvalue weighted by atomic mass is 16.5. The number of esters is 1. The molecule has 2 aromatic rings. The number of fused-ring (bicyclic) bond motifs is 2. The van der Waals surface area contributed by atoms with E-state index in [0.717, 1.165) is 40.4 Å². The summed E-state index contributed by atoms with van der Waals surface area (Å²) in [6.45, 7) is 2.68. The van der Waals surface area contributed by atoms with Crippen molar-refractivity contribution in [3.05, 3.63) is 71.1 Å². The summed E-state index contributed by atoms with van der Waals surface area (Å²) < 4.78 is 13.5. The fraction of sp³-hybridized carbons (Fsp3) is 0.300. The summed E-state index contributed by atoms with van der Waals surface area (Å²) in [4.78, 5) is 27.9. The van der Waals surface area contributed by atoms with Gasteiger partial charge in [-0.25, -0.2) is 9.37 Å². The van der Waals surface area contributed by atoms with Gasteiger partial charge in [0, 0.05) is 60.5 Å². The zero-order chi connectivity index (χ0) is 26.7. The summed E-state index contributed by atoms with van der Waals surface area (Å²) in [6.07, 6.45) is 1.89. The second kappa shape index (κ2) is 10.9. The van der Waals surface area contributed by atoms with Gasteiger partial charge in [-0.2, -0.15) is 0 Å². The first-order valence-electron chi connectivity index (χ1n) is 12.4. The van der Waals surface area contributed by atoms with Crippen molar-refractivity contribution in [1.82, 2.24) is 9.89 Å². The standard InChI is InChI=1S/C30H33N3O4/c1-7-8-15-31-29(34)19-9-12-22(30(35)36-6)25(16-19)28-23-13-10-20(32(2)3)17-26(23)37-27-18-21(33(4)5)11-14-24(27)28/h9-14,16-18H,7-8,15H2,1-6H3/p+1. The summed E-state index contributed by atoms with van der Waals surface area (Å²) in [6, 6.07) is 17.1. The monoisotopic (exact) mass is 500 g/mol. The van der Waals surface area contributed by atoms with E-state index in [2.05, 4.69) is 12.2 Å². The van der Waals surface area contributed by atoms with Gasteiger partial charge in [0.25, 0.3) is 5.91 Å². The van der Waals surface area contributed by atoms with Gasteiger partial charge in [0.1, 0.15) is 25.4 Å². The molecule has 0 radical (unpaired) electrons. The van der Waals surface area contributed by atoms with Crippen molar-refractivity contribution in [3.8, 4) is 22.5 Å². The summed E-state index contributed by atoms with van der Waals surface area (Å²) in [7, 11) is 9.26. The van der Waals surface area contributed by atoms with Crippen molar-refractivity contribution in [2.45, 2.75) is 19.8 Å². The lowest BCUT2D eigenvalue weighted by molar-refractivity contribution is 0.0601. The van der Waals surface area contributed by atoms with Gasteiger partial charge in [-0.3, -0.25) is 4.79 Å². The Morgan fingerprint density at radius 3 is 2.46 bits per heavy atom. The maximum Gasteiger partial charge on any atom is 0.338 e. The molecule has 0 aromatic heterocycles. The number of ether oxygens (including phenoxy) is 1. The number of amides is 1. The van der Waals surface area contributed by atoms with Crippen LogP contribution in [0.25, 0.3) is 33.4 Å². The molecule has 0 saturated carbocycles. The van der Waals surface area contributed by atoms with Crippen molar-refractivity contribution in [1.29, 1.82) is 0 Å². The molecule has 192 valence electrons. The molecule has 37 heavy (non-hydrogen) atoms. The third kappa shape index (κ3) is 5.21. The molecule has 0 atom stereocenters. The normalized spacial score (nSPS) is 11.0. The van der Waals surface area contributed by atoms with Crippen molar-refractivity contribution in [2.24, 2.45) is 0 Å². The Bertz CT molecular complexity index is 1510. The Balaban J connectivity index is 2.07. The fourth-order valence-electron chi connectivity index (χ4n) is 4.38. The molecule has 1 heterocycles. The van der Waals surface area contributed by atoms with Crippen molar-refractivity contribution in [3.63, 3.8) is 0 Å². The Labute approximate surface area is 217 Å². The molecule has 0 bridgehead atoms. The maximum absolute atomic E-state index is 13.0. The van der Waals surface area contributed by atoms with Crippen LogP contribution in [-0.4, -0.2) is 53.7 Å². The van der Waals surface area contributed by atoms with Crippen LogP contribution in [-0.2, 0) is 4.74 Å². The minimum atomic E-state index is -0.468. The molecule has 0 saturated heterocycles. The van der Waals surface area contributed by atoms with Crippen LogP contribution in [0.3, 0.4) is 0 Å². The van der Waals surface area contributed by atoms with Crippen molar-refractivity contribution >= 4 is 28.5 Å². The van der Waals surface area contributed by atoms with Gasteiger partial charge in [0.15, 0.2) is 0 Å². The largest absolute Gasteiger partial charge is 0.465 e. The number of unbranched alkanes of at least 4 members (excludes halogenated alkanes) is 1. The average molecular weight is 501 g/mol. The zero-order valence-corrected chi connectivity index (χ0v) is 22.3. The van der Waals surface area contributed by atoms with Crippen molar-refractivity contribution < 1.29 is 18.7 Å². The number of hydrogen-bond donors (Lipinski definition) is 1. The third-order valence-electron chi connectivity index (χ3n) is 6.49. The van der Waals surface area contributed by atoms with Crippen molar-refractivity contribution in [2.75, 3.05) is 46.7 Å². The highest BCUT2D eigenvalue weighted by Gasteiger charge is 2.24. The topological polar surface area (TPSA) is 74.8 Å². The zero-order valence-electron chi connectivity index (χ0n) is 22.3. The number of carbonyl (C=O) groups is 2. The third-order valence-corrected chi connectivity index (χ3v) is 6.49. The van der Waals surface area contributed by atoms with E-state index in [4.69, 9.17) is 9.15 Å². The number of nitrogens with zero attached hydrogens (tertiary/aromatic N) is 2. The summed E-state index contributed by atoms with van der Waals surface area (Å²) in [5.74, 6) is 0.0354. The number of nitrogens with one attached hydrogen (secondary N) is 1. The molecule has 1 aliphatic carbocycles. The number of hydrogen-bond acceptors (Lipinski definition) is 5. The number of rotatable bonds is 7. The van der Waals surface area contributed by atoms with Crippen LogP contribution in [0.15, 0.2) is 59.0 Å². The Morgan fingerprint density at radius 2 is 1.78 bits per heavy atom. The first-order valence-corrected chi connectivity index (χ1v) is 12.4. The predicted molar refractivity (Wildman–Crippen MR) is 148 cm³/mol. The predicted octanol–water partition coefficient (Wildman–Crippen LogP) is 4.62. The molecule has 0 fully saturated rings. The number of methoxy groups -OCH3 is 1. The molecule has 4 rings (SSSR count). The van der Waals surface area contributed by atoms with Gasteiger partial charge in [0.2, 0.25) is 5.36 Å². The lowest BCUT2D eigenvalue weighted by Crippen LogP contribution is -2.24. The van der Waals surface area contributed by atoms with E-state index in [0.29, 0.717) is 34.6 Å². The van der Waals surface area contributed by atoms with Crippen LogP contribution in [0.4, 0.5) is 5.69 Å². The lowest BCUT2D eigenvalue weighted by Gasteiger charge is -2.19. The second-order valence-corrected chi connectivity index (χ2v) is 9.49. The average Bonchev–Trinajstić information content (AvgIpc) is 2.90. The van der Waals surface area contributed by atoms with Crippen LogP contribution in [0.5, 0.6) is 0 Å². The lowest BCUT2D eigenvalue weighted by atomic mass is 9.89. The molecule has 0 unspecified atom stereocenters. The first kappa shape index (κ1) is 25.9. The second-order valence-electron chi connectivity index (χ2n) is 9.49. The first-order chi connectivity index (χ1) is 17.7. The van der Waals surface area contributed by atoms with E-state index >= 15 is 0 Å². The van der Waals surface area contributed by atoms with Gasteiger partial charge in [-0.15, -0.1) is 0 Å². The molecule has 7 nitrogen and oxygen atoms in total. The van der Waals surface area contributed by atoms with Gasteiger partial charge < -0.3 is 19.4 Å². The van der Waals surface area contributed by atoms with Gasteiger partial charge in [-0.1, -0.05) is 13.3 Å². The van der Waals surface area contributed by atoms with Gasteiger partial charge in [-0.05, 0) is 48.4 Å². The van der Waals surface area contributed by atoms with E-state index in [1.54, 1.807) is 18.2 Å². The van der Waals surface area contributed by atoms with E-state index in [9.17, 15) is 9.59 Å². The summed E-state index contributed by atoms with van der Waals surface area (Å²) >= 11 is 0. The summed E-state index contributed by atoms with van der Waals surface area (Å²) in [5, 5.41) is 4.80. The Hall–Kier alpha value is -4.13. The maximum atomic E-state index is 13.0. The van der Waals surface area contributed by atoms with Crippen LogP contribution in [0.2, 0.25) is 0 Å². The smallest absolute Gasteiger partial charge is 0.338 e.